The molecular weight excluding hydrogens is 152 g/mol. The number of rotatable bonds is 0. The first-order valence-electron chi connectivity index (χ1n) is 5.10. The highest BCUT2D eigenvalue weighted by Crippen LogP contribution is 2.48. The number of hydrogen-bond acceptors (Lipinski definition) is 2. The molecule has 0 amide bonds. The van der Waals surface area contributed by atoms with Gasteiger partial charge >= 0.3 is 0 Å². The van der Waals surface area contributed by atoms with Gasteiger partial charge in [0.15, 0.2) is 0 Å². The minimum Gasteiger partial charge on any atom is -0.378 e. The van der Waals surface area contributed by atoms with Crippen molar-refractivity contribution in [3.63, 3.8) is 0 Å². The van der Waals surface area contributed by atoms with Crippen LogP contribution < -0.4 is 0 Å². The summed E-state index contributed by atoms with van der Waals surface area (Å²) in [6.07, 6.45) is 5.19. The number of hydrogen-bond donors (Lipinski definition) is 0. The molecule has 2 heteroatoms. The highest BCUT2D eigenvalue weighted by Gasteiger charge is 2.46. The fraction of sp³-hybridized carbons (Fsp3) is 1.00. The Kier molecular flexibility index (Phi) is 1.50. The van der Waals surface area contributed by atoms with Crippen LogP contribution in [0.1, 0.15) is 25.7 Å². The van der Waals surface area contributed by atoms with E-state index in [4.69, 9.17) is 9.47 Å². The molecule has 0 unspecified atom stereocenters. The van der Waals surface area contributed by atoms with Crippen LogP contribution in [-0.4, -0.2) is 25.4 Å². The van der Waals surface area contributed by atoms with Gasteiger partial charge in [-0.25, -0.2) is 0 Å². The molecule has 3 atom stereocenters. The van der Waals surface area contributed by atoms with E-state index in [1.54, 1.807) is 0 Å². The second kappa shape index (κ2) is 2.46. The monoisotopic (exact) mass is 168 g/mol. The van der Waals surface area contributed by atoms with Crippen molar-refractivity contribution in [2.45, 2.75) is 31.3 Å². The van der Waals surface area contributed by atoms with Crippen LogP contribution in [0.5, 0.6) is 0 Å². The molecule has 0 bridgehead atoms. The third-order valence-corrected chi connectivity index (χ3v) is 3.71. The first-order chi connectivity index (χ1) is 5.88. The Bertz CT molecular complexity index is 170. The van der Waals surface area contributed by atoms with Crippen LogP contribution in [0, 0.1) is 11.8 Å². The van der Waals surface area contributed by atoms with E-state index in [0.717, 1.165) is 38.1 Å². The van der Waals surface area contributed by atoms with E-state index < -0.39 is 0 Å². The van der Waals surface area contributed by atoms with Crippen molar-refractivity contribution in [3.05, 3.63) is 0 Å². The van der Waals surface area contributed by atoms with E-state index in [2.05, 4.69) is 0 Å². The molecule has 0 aromatic heterocycles. The maximum absolute atomic E-state index is 5.98. The van der Waals surface area contributed by atoms with E-state index in [1.165, 1.54) is 19.3 Å². The third-order valence-electron chi connectivity index (χ3n) is 3.71. The van der Waals surface area contributed by atoms with Crippen molar-refractivity contribution in [2.24, 2.45) is 11.8 Å². The Morgan fingerprint density at radius 2 is 2.17 bits per heavy atom. The molecular formula is C10H16O2. The Morgan fingerprint density at radius 3 is 3.00 bits per heavy atom. The molecule has 1 spiro atoms. The van der Waals surface area contributed by atoms with Gasteiger partial charge in [-0.1, -0.05) is 0 Å². The summed E-state index contributed by atoms with van der Waals surface area (Å²) in [6, 6.07) is 0. The van der Waals surface area contributed by atoms with E-state index in [0.29, 0.717) is 0 Å². The average Bonchev–Trinajstić information content (AvgIpc) is 2.70. The van der Waals surface area contributed by atoms with Gasteiger partial charge in [0.05, 0.1) is 18.8 Å². The Hall–Kier alpha value is -0.0800. The topological polar surface area (TPSA) is 18.5 Å². The van der Waals surface area contributed by atoms with Crippen molar-refractivity contribution in [1.82, 2.24) is 0 Å². The second-order valence-corrected chi connectivity index (χ2v) is 4.59. The van der Waals surface area contributed by atoms with Crippen molar-refractivity contribution in [3.8, 4) is 0 Å². The average molecular weight is 168 g/mol. The van der Waals surface area contributed by atoms with Gasteiger partial charge in [0.2, 0.25) is 0 Å². The first kappa shape index (κ1) is 7.34. The van der Waals surface area contributed by atoms with Gasteiger partial charge in [-0.2, -0.15) is 0 Å². The minimum absolute atomic E-state index is 0.146. The summed E-state index contributed by atoms with van der Waals surface area (Å²) >= 11 is 0. The summed E-state index contributed by atoms with van der Waals surface area (Å²) < 4.78 is 11.4. The van der Waals surface area contributed by atoms with Crippen molar-refractivity contribution >= 4 is 0 Å². The van der Waals surface area contributed by atoms with Gasteiger partial charge in [0.1, 0.15) is 0 Å². The molecule has 3 rings (SSSR count). The van der Waals surface area contributed by atoms with E-state index in [-0.39, 0.29) is 5.60 Å². The molecule has 1 saturated carbocycles. The molecule has 0 aromatic carbocycles. The molecule has 0 N–H and O–H groups in total. The Balaban J connectivity index is 1.71. The van der Waals surface area contributed by atoms with Crippen LogP contribution in [0.4, 0.5) is 0 Å². The lowest BCUT2D eigenvalue weighted by Gasteiger charge is -2.26. The van der Waals surface area contributed by atoms with Gasteiger partial charge in [0.25, 0.3) is 0 Å². The SMILES string of the molecule is C1C[C@]2(CC[C@H]3C[C@@H]3CO2)CO1. The zero-order chi connectivity index (χ0) is 8.02. The van der Waals surface area contributed by atoms with Crippen LogP contribution in [-0.2, 0) is 9.47 Å². The highest BCUT2D eigenvalue weighted by atomic mass is 16.6. The second-order valence-electron chi connectivity index (χ2n) is 4.59. The molecule has 3 fully saturated rings. The molecule has 0 aromatic rings. The van der Waals surface area contributed by atoms with Gasteiger partial charge in [-0.05, 0) is 31.1 Å². The Morgan fingerprint density at radius 1 is 1.17 bits per heavy atom. The van der Waals surface area contributed by atoms with Crippen molar-refractivity contribution < 1.29 is 9.47 Å². The third kappa shape index (κ3) is 1.09. The highest BCUT2D eigenvalue weighted by molar-refractivity contribution is 4.95. The summed E-state index contributed by atoms with van der Waals surface area (Å²) in [5.41, 5.74) is 0.146. The van der Waals surface area contributed by atoms with Crippen molar-refractivity contribution in [1.29, 1.82) is 0 Å². The molecule has 2 aliphatic heterocycles. The van der Waals surface area contributed by atoms with Crippen molar-refractivity contribution in [2.75, 3.05) is 19.8 Å². The first-order valence-corrected chi connectivity index (χ1v) is 5.10. The number of fused-ring (bicyclic) bond motifs is 1. The summed E-state index contributed by atoms with van der Waals surface area (Å²) in [5, 5.41) is 0. The largest absolute Gasteiger partial charge is 0.378 e. The van der Waals surface area contributed by atoms with Crippen LogP contribution >= 0.6 is 0 Å². The van der Waals surface area contributed by atoms with Gasteiger partial charge in [0, 0.05) is 13.0 Å². The Labute approximate surface area is 73.2 Å². The van der Waals surface area contributed by atoms with E-state index in [9.17, 15) is 0 Å². The fourth-order valence-electron chi connectivity index (χ4n) is 2.57. The lowest BCUT2D eigenvalue weighted by atomic mass is 9.96. The molecule has 0 radical (unpaired) electrons. The minimum atomic E-state index is 0.146. The summed E-state index contributed by atoms with van der Waals surface area (Å²) in [7, 11) is 0. The quantitative estimate of drug-likeness (QED) is 0.547. The van der Waals surface area contributed by atoms with E-state index in [1.807, 2.05) is 0 Å². The normalized spacial score (nSPS) is 52.0. The van der Waals surface area contributed by atoms with Crippen LogP contribution in [0.25, 0.3) is 0 Å². The molecule has 3 aliphatic rings. The fourth-order valence-corrected chi connectivity index (χ4v) is 2.57. The maximum Gasteiger partial charge on any atom is 0.0936 e. The zero-order valence-corrected chi connectivity index (χ0v) is 7.42. The molecule has 1 aliphatic carbocycles. The van der Waals surface area contributed by atoms with Crippen LogP contribution in [0.3, 0.4) is 0 Å². The number of ether oxygens (including phenoxy) is 2. The van der Waals surface area contributed by atoms with Gasteiger partial charge < -0.3 is 9.47 Å². The van der Waals surface area contributed by atoms with Gasteiger partial charge in [-0.15, -0.1) is 0 Å². The van der Waals surface area contributed by atoms with Gasteiger partial charge in [-0.3, -0.25) is 0 Å². The molecule has 68 valence electrons. The predicted octanol–water partition coefficient (Wildman–Crippen LogP) is 1.59. The summed E-state index contributed by atoms with van der Waals surface area (Å²) in [4.78, 5) is 0. The zero-order valence-electron chi connectivity index (χ0n) is 7.42. The standard InChI is InChI=1S/C10H16O2/c1-2-10(3-4-11-7-10)12-6-9-5-8(1)9/h8-9H,1-7H2/t8-,9+,10+/m0/s1. The van der Waals surface area contributed by atoms with Crippen LogP contribution in [0.2, 0.25) is 0 Å². The lowest BCUT2D eigenvalue weighted by molar-refractivity contribution is -0.0527. The smallest absolute Gasteiger partial charge is 0.0936 e. The summed E-state index contributed by atoms with van der Waals surface area (Å²) in [6.45, 7) is 2.77. The molecule has 12 heavy (non-hydrogen) atoms. The molecule has 2 heterocycles. The predicted molar refractivity (Wildman–Crippen MR) is 45.0 cm³/mol. The lowest BCUT2D eigenvalue weighted by Crippen LogP contribution is -2.32. The van der Waals surface area contributed by atoms with E-state index >= 15 is 0 Å². The molecule has 2 saturated heterocycles. The van der Waals surface area contributed by atoms with Crippen LogP contribution in [0.15, 0.2) is 0 Å². The molecule has 2 nitrogen and oxygen atoms in total. The maximum atomic E-state index is 5.98. The summed E-state index contributed by atoms with van der Waals surface area (Å²) in [5.74, 6) is 1.91.